The van der Waals surface area contributed by atoms with Crippen LogP contribution in [0.4, 0.5) is 0 Å². The summed E-state index contributed by atoms with van der Waals surface area (Å²) in [6.07, 6.45) is 1.36. The third-order valence-electron chi connectivity index (χ3n) is 3.61. The number of hydrogen-bond donors (Lipinski definition) is 1. The molecule has 0 unspecified atom stereocenters. The molecule has 0 bridgehead atoms. The molecule has 2 amide bonds. The third kappa shape index (κ3) is 4.02. The van der Waals surface area contributed by atoms with E-state index in [-0.39, 0.29) is 17.9 Å². The van der Waals surface area contributed by atoms with Gasteiger partial charge in [0.15, 0.2) is 0 Å². The van der Waals surface area contributed by atoms with Crippen LogP contribution < -0.4 is 5.32 Å². The van der Waals surface area contributed by atoms with E-state index in [0.717, 1.165) is 12.2 Å². The molecule has 1 aromatic heterocycles. The zero-order chi connectivity index (χ0) is 16.1. The molecule has 0 radical (unpaired) electrons. The molecule has 2 heterocycles. The van der Waals surface area contributed by atoms with E-state index in [2.05, 4.69) is 15.2 Å². The second-order valence-electron chi connectivity index (χ2n) is 5.43. The van der Waals surface area contributed by atoms with Crippen LogP contribution in [0.5, 0.6) is 0 Å². The number of carbonyl (C=O) groups excluding carboxylic acids is 2. The number of likely N-dealkylation sites (N-methyl/N-ethyl adjacent to an activating group) is 1. The summed E-state index contributed by atoms with van der Waals surface area (Å²) in [6.45, 7) is 2.28. The molecule has 0 aliphatic carbocycles. The van der Waals surface area contributed by atoms with Crippen LogP contribution in [0.1, 0.15) is 22.2 Å². The SMILES string of the molecule is CNC(=O)c1ccc([C@@H]2CN(CC(=O)N(C)C)CCO2)nc1. The summed E-state index contributed by atoms with van der Waals surface area (Å²) in [6, 6.07) is 3.53. The minimum absolute atomic E-state index is 0.0728. The number of amides is 2. The van der Waals surface area contributed by atoms with E-state index in [1.165, 1.54) is 0 Å². The minimum Gasteiger partial charge on any atom is -0.369 e. The highest BCUT2D eigenvalue weighted by Gasteiger charge is 2.24. The molecule has 7 nitrogen and oxygen atoms in total. The molecular weight excluding hydrogens is 284 g/mol. The zero-order valence-corrected chi connectivity index (χ0v) is 13.2. The lowest BCUT2D eigenvalue weighted by molar-refractivity contribution is -0.132. The van der Waals surface area contributed by atoms with E-state index in [9.17, 15) is 9.59 Å². The summed E-state index contributed by atoms with van der Waals surface area (Å²) in [5.41, 5.74) is 1.29. The number of aromatic nitrogens is 1. The normalized spacial score (nSPS) is 18.8. The molecule has 2 rings (SSSR count). The Hall–Kier alpha value is -1.99. The molecule has 1 saturated heterocycles. The number of nitrogens with zero attached hydrogens (tertiary/aromatic N) is 3. The Morgan fingerprint density at radius 2 is 2.23 bits per heavy atom. The predicted molar refractivity (Wildman–Crippen MR) is 81.5 cm³/mol. The van der Waals surface area contributed by atoms with Gasteiger partial charge in [-0.15, -0.1) is 0 Å². The molecule has 0 spiro atoms. The van der Waals surface area contributed by atoms with Crippen LogP contribution in [0.2, 0.25) is 0 Å². The quantitative estimate of drug-likeness (QED) is 0.841. The fraction of sp³-hybridized carbons (Fsp3) is 0.533. The van der Waals surface area contributed by atoms with Crippen molar-refractivity contribution in [3.63, 3.8) is 0 Å². The Labute approximate surface area is 130 Å². The van der Waals surface area contributed by atoms with Crippen LogP contribution >= 0.6 is 0 Å². The third-order valence-corrected chi connectivity index (χ3v) is 3.61. The molecule has 120 valence electrons. The van der Waals surface area contributed by atoms with Crippen LogP contribution in [-0.2, 0) is 9.53 Å². The van der Waals surface area contributed by atoms with Gasteiger partial charge < -0.3 is 15.0 Å². The highest BCUT2D eigenvalue weighted by molar-refractivity contribution is 5.93. The average Bonchev–Trinajstić information content (AvgIpc) is 2.54. The largest absolute Gasteiger partial charge is 0.369 e. The molecule has 7 heteroatoms. The Morgan fingerprint density at radius 1 is 1.45 bits per heavy atom. The van der Waals surface area contributed by atoms with Crippen LogP contribution in [0, 0.1) is 0 Å². The lowest BCUT2D eigenvalue weighted by Gasteiger charge is -2.32. The van der Waals surface area contributed by atoms with Crippen molar-refractivity contribution in [1.82, 2.24) is 20.1 Å². The van der Waals surface area contributed by atoms with Gasteiger partial charge in [-0.25, -0.2) is 0 Å². The van der Waals surface area contributed by atoms with Gasteiger partial charge in [-0.2, -0.15) is 0 Å². The Morgan fingerprint density at radius 3 is 2.82 bits per heavy atom. The van der Waals surface area contributed by atoms with Crippen molar-refractivity contribution >= 4 is 11.8 Å². The fourth-order valence-corrected chi connectivity index (χ4v) is 2.23. The summed E-state index contributed by atoms with van der Waals surface area (Å²) in [5.74, 6) is -0.0922. The van der Waals surface area contributed by atoms with E-state index in [1.807, 2.05) is 0 Å². The number of nitrogens with one attached hydrogen (secondary N) is 1. The number of pyridine rings is 1. The molecular formula is C15H22N4O3. The van der Waals surface area contributed by atoms with Gasteiger partial charge in [0.25, 0.3) is 5.91 Å². The van der Waals surface area contributed by atoms with Gasteiger partial charge in [-0.3, -0.25) is 19.5 Å². The maximum Gasteiger partial charge on any atom is 0.252 e. The number of morpholine rings is 1. The maximum atomic E-state index is 11.8. The van der Waals surface area contributed by atoms with Crippen molar-refractivity contribution in [2.75, 3.05) is 47.4 Å². The first-order valence-electron chi connectivity index (χ1n) is 7.23. The smallest absolute Gasteiger partial charge is 0.252 e. The van der Waals surface area contributed by atoms with Gasteiger partial charge in [-0.05, 0) is 12.1 Å². The highest BCUT2D eigenvalue weighted by Crippen LogP contribution is 2.20. The lowest BCUT2D eigenvalue weighted by Crippen LogP contribution is -2.44. The summed E-state index contributed by atoms with van der Waals surface area (Å²) in [7, 11) is 5.08. The summed E-state index contributed by atoms with van der Waals surface area (Å²) >= 11 is 0. The number of hydrogen-bond acceptors (Lipinski definition) is 5. The van der Waals surface area contributed by atoms with E-state index in [4.69, 9.17) is 4.74 Å². The van der Waals surface area contributed by atoms with Gasteiger partial charge in [0.1, 0.15) is 6.10 Å². The van der Waals surface area contributed by atoms with Crippen LogP contribution in [0.15, 0.2) is 18.3 Å². The molecule has 1 atom stereocenters. The highest BCUT2D eigenvalue weighted by atomic mass is 16.5. The van der Waals surface area contributed by atoms with Crippen molar-refractivity contribution in [2.24, 2.45) is 0 Å². The first kappa shape index (κ1) is 16.4. The van der Waals surface area contributed by atoms with E-state index in [1.54, 1.807) is 44.4 Å². The molecule has 1 aliphatic heterocycles. The first-order valence-corrected chi connectivity index (χ1v) is 7.23. The second-order valence-corrected chi connectivity index (χ2v) is 5.43. The topological polar surface area (TPSA) is 74.8 Å². The fourth-order valence-electron chi connectivity index (χ4n) is 2.23. The van der Waals surface area contributed by atoms with Gasteiger partial charge in [0, 0.05) is 40.4 Å². The summed E-state index contributed by atoms with van der Waals surface area (Å²) in [5, 5.41) is 2.56. The Kier molecular flexibility index (Phi) is 5.46. The Bertz CT molecular complexity index is 530. The minimum atomic E-state index is -0.178. The number of rotatable bonds is 4. The molecule has 1 aromatic rings. The van der Waals surface area contributed by atoms with Crippen molar-refractivity contribution < 1.29 is 14.3 Å². The molecule has 0 aromatic carbocycles. The van der Waals surface area contributed by atoms with Crippen LogP contribution in [-0.4, -0.2) is 74.0 Å². The average molecular weight is 306 g/mol. The van der Waals surface area contributed by atoms with Gasteiger partial charge in [0.05, 0.1) is 24.4 Å². The maximum absolute atomic E-state index is 11.8. The molecule has 1 N–H and O–H groups in total. The Balaban J connectivity index is 2.00. The number of ether oxygens (including phenoxy) is 1. The standard InChI is InChI=1S/C15H22N4O3/c1-16-15(21)11-4-5-12(17-8-11)13-9-19(6-7-22-13)10-14(20)18(2)3/h4-5,8,13H,6-7,9-10H2,1-3H3,(H,16,21)/t13-/m0/s1. The van der Waals surface area contributed by atoms with E-state index in [0.29, 0.717) is 25.3 Å². The molecule has 1 fully saturated rings. The van der Waals surface area contributed by atoms with Crippen molar-refractivity contribution in [2.45, 2.75) is 6.10 Å². The lowest BCUT2D eigenvalue weighted by atomic mass is 10.1. The second kappa shape index (κ2) is 7.33. The van der Waals surface area contributed by atoms with Crippen LogP contribution in [0.3, 0.4) is 0 Å². The van der Waals surface area contributed by atoms with Gasteiger partial charge in [-0.1, -0.05) is 0 Å². The molecule has 0 saturated carbocycles. The van der Waals surface area contributed by atoms with Crippen molar-refractivity contribution in [3.05, 3.63) is 29.6 Å². The molecule has 1 aliphatic rings. The first-order chi connectivity index (χ1) is 10.5. The van der Waals surface area contributed by atoms with Crippen molar-refractivity contribution in [1.29, 1.82) is 0 Å². The van der Waals surface area contributed by atoms with Gasteiger partial charge >= 0.3 is 0 Å². The number of carbonyl (C=O) groups is 2. The zero-order valence-electron chi connectivity index (χ0n) is 13.2. The summed E-state index contributed by atoms with van der Waals surface area (Å²) < 4.78 is 5.73. The monoisotopic (exact) mass is 306 g/mol. The van der Waals surface area contributed by atoms with E-state index < -0.39 is 0 Å². The van der Waals surface area contributed by atoms with Crippen molar-refractivity contribution in [3.8, 4) is 0 Å². The van der Waals surface area contributed by atoms with Crippen LogP contribution in [0.25, 0.3) is 0 Å². The predicted octanol–water partition coefficient (Wildman–Crippen LogP) is -0.0973. The van der Waals surface area contributed by atoms with Gasteiger partial charge in [0.2, 0.25) is 5.91 Å². The molecule has 22 heavy (non-hydrogen) atoms. The summed E-state index contributed by atoms with van der Waals surface area (Å²) in [4.78, 5) is 31.3. The van der Waals surface area contributed by atoms with E-state index >= 15 is 0 Å².